The molecule has 4 rings (SSSR count). The predicted molar refractivity (Wildman–Crippen MR) is 120 cm³/mol. The lowest BCUT2D eigenvalue weighted by molar-refractivity contribution is -0.163. The first-order valence-electron chi connectivity index (χ1n) is 10.8. The minimum absolute atomic E-state index is 0.0142. The molecule has 1 aromatic carbocycles. The standard InChI is InChI=1S/C23H26N2O7S/c1-10-18-17(11(2)26)21(28)25(18)19(23(31)32)20(10)33-14-8-15(24-9-14)16(27)7-12-4-3-5-13(6-12)22(29)30/h3-6,10-11,14-15,17-18,24,26H,7-9H2,1-2H3,(H,29,30)(H,31,32)/t10-,11-,14+,15+,17-,18-/m1/s1. The Morgan fingerprint density at radius 3 is 2.61 bits per heavy atom. The molecule has 3 aliphatic heterocycles. The van der Waals surface area contributed by atoms with Crippen LogP contribution in [-0.4, -0.2) is 73.8 Å². The highest BCUT2D eigenvalue weighted by Crippen LogP contribution is 2.51. The topological polar surface area (TPSA) is 144 Å². The highest BCUT2D eigenvalue weighted by molar-refractivity contribution is 8.03. The van der Waals surface area contributed by atoms with Gasteiger partial charge in [0.1, 0.15) is 5.70 Å². The molecule has 3 heterocycles. The zero-order valence-electron chi connectivity index (χ0n) is 18.2. The molecule has 176 valence electrons. The smallest absolute Gasteiger partial charge is 0.353 e. The Hall–Kier alpha value is -2.69. The zero-order chi connectivity index (χ0) is 24.0. The second-order valence-corrected chi connectivity index (χ2v) is 10.2. The maximum atomic E-state index is 12.8. The lowest BCUT2D eigenvalue weighted by atomic mass is 9.79. The van der Waals surface area contributed by atoms with Crippen molar-refractivity contribution in [1.29, 1.82) is 0 Å². The van der Waals surface area contributed by atoms with E-state index in [1.807, 2.05) is 6.92 Å². The van der Waals surface area contributed by atoms with Crippen LogP contribution in [0.25, 0.3) is 0 Å². The monoisotopic (exact) mass is 474 g/mol. The van der Waals surface area contributed by atoms with Crippen LogP contribution < -0.4 is 5.32 Å². The molecular weight excluding hydrogens is 448 g/mol. The molecule has 9 nitrogen and oxygen atoms in total. The first-order chi connectivity index (χ1) is 15.6. The van der Waals surface area contributed by atoms with Gasteiger partial charge in [-0.15, -0.1) is 11.8 Å². The van der Waals surface area contributed by atoms with Crippen LogP contribution in [0.5, 0.6) is 0 Å². The summed E-state index contributed by atoms with van der Waals surface area (Å²) in [5.41, 5.74) is 0.746. The lowest BCUT2D eigenvalue weighted by Gasteiger charge is -2.46. The molecule has 33 heavy (non-hydrogen) atoms. The van der Waals surface area contributed by atoms with E-state index in [2.05, 4.69) is 5.32 Å². The fraction of sp³-hybridized carbons (Fsp3) is 0.478. The first kappa shape index (κ1) is 23.5. The zero-order valence-corrected chi connectivity index (χ0v) is 19.0. The number of Topliss-reactive ketones (excluding diaryl/α,β-unsaturated/α-hetero) is 1. The van der Waals surface area contributed by atoms with Crippen molar-refractivity contribution in [3.05, 3.63) is 46.0 Å². The number of amides is 1. The summed E-state index contributed by atoms with van der Waals surface area (Å²) in [6, 6.07) is 5.52. The number of carboxylic acid groups (broad SMARTS) is 2. The van der Waals surface area contributed by atoms with Crippen molar-refractivity contribution in [3.63, 3.8) is 0 Å². The van der Waals surface area contributed by atoms with Crippen LogP contribution in [-0.2, 0) is 20.8 Å². The van der Waals surface area contributed by atoms with E-state index < -0.39 is 30.0 Å². The van der Waals surface area contributed by atoms with E-state index in [4.69, 9.17) is 5.11 Å². The van der Waals surface area contributed by atoms with E-state index in [1.54, 1.807) is 19.1 Å². The summed E-state index contributed by atoms with van der Waals surface area (Å²) < 4.78 is 0. The number of aromatic carboxylic acids is 1. The number of rotatable bonds is 8. The van der Waals surface area contributed by atoms with Gasteiger partial charge in [0.25, 0.3) is 0 Å². The van der Waals surface area contributed by atoms with Gasteiger partial charge in [0.15, 0.2) is 5.78 Å². The van der Waals surface area contributed by atoms with E-state index in [0.29, 0.717) is 23.4 Å². The van der Waals surface area contributed by atoms with Crippen molar-refractivity contribution < 1.29 is 34.5 Å². The maximum Gasteiger partial charge on any atom is 0.353 e. The summed E-state index contributed by atoms with van der Waals surface area (Å²) in [5.74, 6) is -3.45. The van der Waals surface area contributed by atoms with Gasteiger partial charge in [-0.2, -0.15) is 0 Å². The molecule has 6 atom stereocenters. The molecule has 0 spiro atoms. The third-order valence-corrected chi connectivity index (χ3v) is 8.15. The van der Waals surface area contributed by atoms with Crippen LogP contribution in [0.15, 0.2) is 34.9 Å². The predicted octanol–water partition coefficient (Wildman–Crippen LogP) is 1.11. The Kier molecular flexibility index (Phi) is 6.35. The molecule has 0 aromatic heterocycles. The average molecular weight is 475 g/mol. The molecule has 0 bridgehead atoms. The van der Waals surface area contributed by atoms with Crippen molar-refractivity contribution in [3.8, 4) is 0 Å². The third kappa shape index (κ3) is 4.18. The number of nitrogens with one attached hydrogen (secondary N) is 1. The number of hydrogen-bond acceptors (Lipinski definition) is 7. The van der Waals surface area contributed by atoms with Gasteiger partial charge in [0, 0.05) is 29.0 Å². The van der Waals surface area contributed by atoms with Crippen molar-refractivity contribution in [1.82, 2.24) is 10.2 Å². The van der Waals surface area contributed by atoms with E-state index in [1.165, 1.54) is 28.8 Å². The molecule has 0 saturated carbocycles. The number of hydrogen-bond donors (Lipinski definition) is 4. The van der Waals surface area contributed by atoms with Crippen molar-refractivity contribution in [2.75, 3.05) is 6.54 Å². The minimum atomic E-state index is -1.17. The molecule has 3 aliphatic rings. The van der Waals surface area contributed by atoms with Gasteiger partial charge >= 0.3 is 11.9 Å². The second kappa shape index (κ2) is 8.92. The lowest BCUT2D eigenvalue weighted by Crippen LogP contribution is -2.63. The Labute approximate surface area is 194 Å². The number of carbonyl (C=O) groups excluding carboxylic acids is 2. The van der Waals surface area contributed by atoms with Crippen molar-refractivity contribution in [2.24, 2.45) is 11.8 Å². The largest absolute Gasteiger partial charge is 0.478 e. The van der Waals surface area contributed by atoms with Crippen LogP contribution in [0.2, 0.25) is 0 Å². The summed E-state index contributed by atoms with van der Waals surface area (Å²) in [6.45, 7) is 3.93. The average Bonchev–Trinajstić information content (AvgIpc) is 3.30. The van der Waals surface area contributed by atoms with Gasteiger partial charge < -0.3 is 25.5 Å². The molecule has 1 aromatic rings. The molecule has 2 saturated heterocycles. The van der Waals surface area contributed by atoms with Gasteiger partial charge in [-0.05, 0) is 31.0 Å². The number of ketones is 1. The van der Waals surface area contributed by atoms with Gasteiger partial charge in [-0.25, -0.2) is 9.59 Å². The Morgan fingerprint density at radius 1 is 1.24 bits per heavy atom. The molecule has 2 fully saturated rings. The van der Waals surface area contributed by atoms with Crippen LogP contribution in [0, 0.1) is 11.8 Å². The Bertz CT molecular complexity index is 1050. The highest BCUT2D eigenvalue weighted by atomic mass is 32.2. The van der Waals surface area contributed by atoms with E-state index in [9.17, 15) is 29.4 Å². The van der Waals surface area contributed by atoms with Gasteiger partial charge in [0.05, 0.1) is 29.7 Å². The molecule has 0 aliphatic carbocycles. The van der Waals surface area contributed by atoms with Crippen molar-refractivity contribution in [2.45, 2.75) is 50.1 Å². The molecule has 0 radical (unpaired) electrons. The summed E-state index contributed by atoms with van der Waals surface area (Å²) in [5, 5.41) is 32.0. The Balaban J connectivity index is 1.43. The number of fused-ring (bicyclic) bond motifs is 1. The molecule has 0 unspecified atom stereocenters. The minimum Gasteiger partial charge on any atom is -0.478 e. The SMILES string of the molecule is C[C@@H](O)[C@H]1C(=O)N2C(C(=O)O)=C(S[C@@H]3CN[C@H](C(=O)Cc4cccc(C(=O)O)c4)C3)[C@H](C)[C@H]12. The number of aliphatic hydroxyl groups is 1. The Morgan fingerprint density at radius 2 is 1.97 bits per heavy atom. The summed E-state index contributed by atoms with van der Waals surface area (Å²) in [7, 11) is 0. The van der Waals surface area contributed by atoms with Crippen LogP contribution in [0.4, 0.5) is 0 Å². The third-order valence-electron chi connectivity index (χ3n) is 6.64. The summed E-state index contributed by atoms with van der Waals surface area (Å²) in [6.07, 6.45) is -0.241. The fourth-order valence-electron chi connectivity index (χ4n) is 5.04. The maximum absolute atomic E-state index is 12.8. The quantitative estimate of drug-likeness (QED) is 0.407. The molecular formula is C23H26N2O7S. The first-order valence-corrected chi connectivity index (χ1v) is 11.7. The van der Waals surface area contributed by atoms with Crippen LogP contribution >= 0.6 is 11.8 Å². The van der Waals surface area contributed by atoms with Gasteiger partial charge in [-0.3, -0.25) is 9.59 Å². The number of carbonyl (C=O) groups is 4. The normalized spacial score (nSPS) is 29.6. The summed E-state index contributed by atoms with van der Waals surface area (Å²) in [4.78, 5) is 50.3. The molecule has 1 amide bonds. The number of nitrogens with zero attached hydrogens (tertiary/aromatic N) is 1. The fourth-order valence-corrected chi connectivity index (χ4v) is 6.51. The number of carboxylic acids is 2. The van der Waals surface area contributed by atoms with Crippen LogP contribution in [0.1, 0.15) is 36.2 Å². The van der Waals surface area contributed by atoms with Crippen molar-refractivity contribution >= 4 is 35.4 Å². The number of aliphatic carboxylic acids is 1. The summed E-state index contributed by atoms with van der Waals surface area (Å²) >= 11 is 1.39. The van der Waals surface area contributed by atoms with E-state index in [-0.39, 0.29) is 46.6 Å². The van der Waals surface area contributed by atoms with Gasteiger partial charge in [-0.1, -0.05) is 19.1 Å². The number of benzene rings is 1. The number of β-lactam (4-membered cyclic amide) rings is 1. The van der Waals surface area contributed by atoms with Crippen LogP contribution in [0.3, 0.4) is 0 Å². The van der Waals surface area contributed by atoms with E-state index in [0.717, 1.165) is 0 Å². The second-order valence-electron chi connectivity index (χ2n) is 8.86. The number of aliphatic hydroxyl groups excluding tert-OH is 1. The number of thioether (sulfide) groups is 1. The molecule has 4 N–H and O–H groups in total. The van der Waals surface area contributed by atoms with E-state index >= 15 is 0 Å². The highest BCUT2D eigenvalue weighted by Gasteiger charge is 2.60. The molecule has 10 heteroatoms. The van der Waals surface area contributed by atoms with Gasteiger partial charge in [0.2, 0.25) is 5.91 Å².